The van der Waals surface area contributed by atoms with Crippen LogP contribution in [-0.2, 0) is 14.4 Å². The molecule has 5 aliphatic rings. The summed E-state index contributed by atoms with van der Waals surface area (Å²) < 4.78 is 0. The van der Waals surface area contributed by atoms with Gasteiger partial charge >= 0.3 is 0 Å². The molecule has 0 aromatic carbocycles. The van der Waals surface area contributed by atoms with Crippen molar-refractivity contribution in [3.05, 3.63) is 36.0 Å². The fraction of sp³-hybridized carbons (Fsp3) is 0.697. The highest BCUT2D eigenvalue weighted by atomic mass is 16.2. The van der Waals surface area contributed by atoms with Crippen LogP contribution in [0.3, 0.4) is 0 Å². The highest BCUT2D eigenvalue weighted by molar-refractivity contribution is 6.04. The van der Waals surface area contributed by atoms with E-state index in [1.54, 1.807) is 0 Å². The Morgan fingerprint density at radius 1 is 1.05 bits per heavy atom. The van der Waals surface area contributed by atoms with Gasteiger partial charge in [-0.05, 0) is 85.2 Å². The van der Waals surface area contributed by atoms with Gasteiger partial charge in [0.2, 0.25) is 5.91 Å². The van der Waals surface area contributed by atoms with Crippen molar-refractivity contribution in [1.82, 2.24) is 5.32 Å². The van der Waals surface area contributed by atoms with Gasteiger partial charge in [0.1, 0.15) is 6.07 Å². The Balaban J connectivity index is 1.68. The Bertz CT molecular complexity index is 1250. The molecule has 3 fully saturated rings. The van der Waals surface area contributed by atoms with Crippen molar-refractivity contribution in [1.29, 1.82) is 5.26 Å². The summed E-state index contributed by atoms with van der Waals surface area (Å²) >= 11 is 0. The lowest BCUT2D eigenvalue weighted by molar-refractivity contribution is -0.163. The van der Waals surface area contributed by atoms with Crippen LogP contribution in [0.2, 0.25) is 0 Å². The van der Waals surface area contributed by atoms with Crippen molar-refractivity contribution in [2.24, 2.45) is 44.8 Å². The summed E-state index contributed by atoms with van der Waals surface area (Å²) in [5.74, 6) is -0.176. The molecule has 0 bridgehead atoms. The van der Waals surface area contributed by atoms with Crippen LogP contribution < -0.4 is 5.32 Å². The third-order valence-electron chi connectivity index (χ3n) is 12.4. The van der Waals surface area contributed by atoms with Gasteiger partial charge in [0.15, 0.2) is 11.6 Å². The number of hydrogen-bond donors (Lipinski definition) is 1. The van der Waals surface area contributed by atoms with Crippen molar-refractivity contribution in [3.8, 4) is 6.07 Å². The number of rotatable bonds is 2. The number of nitriles is 1. The number of carbonyl (C=O) groups is 3. The third-order valence-corrected chi connectivity index (χ3v) is 12.4. The highest BCUT2D eigenvalue weighted by Gasteiger charge is 2.70. The van der Waals surface area contributed by atoms with Gasteiger partial charge in [0, 0.05) is 22.3 Å². The van der Waals surface area contributed by atoms with Gasteiger partial charge < -0.3 is 5.32 Å². The Labute approximate surface area is 228 Å². The second kappa shape index (κ2) is 8.03. The van der Waals surface area contributed by atoms with E-state index in [1.807, 2.05) is 26.0 Å². The van der Waals surface area contributed by atoms with Crippen LogP contribution in [-0.4, -0.2) is 23.0 Å². The summed E-state index contributed by atoms with van der Waals surface area (Å²) in [5.41, 5.74) is -0.693. The first-order valence-electron chi connectivity index (χ1n) is 14.4. The first-order valence-corrected chi connectivity index (χ1v) is 14.4. The molecule has 5 nitrogen and oxygen atoms in total. The minimum absolute atomic E-state index is 0.0371. The molecule has 5 rings (SSSR count). The summed E-state index contributed by atoms with van der Waals surface area (Å²) in [7, 11) is 0. The second-order valence-electron chi connectivity index (χ2n) is 15.1. The average molecular weight is 517 g/mol. The number of Topliss-reactive ketones (excluding diaryl/α,β-unsaturated/α-hetero) is 1. The second-order valence-corrected chi connectivity index (χ2v) is 15.1. The molecule has 1 N–H and O–H groups in total. The molecule has 0 radical (unpaired) electrons. The minimum atomic E-state index is -0.665. The zero-order chi connectivity index (χ0) is 28.1. The van der Waals surface area contributed by atoms with Crippen LogP contribution in [0, 0.1) is 56.2 Å². The molecule has 0 heterocycles. The van der Waals surface area contributed by atoms with Crippen molar-refractivity contribution in [2.45, 2.75) is 99.0 Å². The monoisotopic (exact) mass is 516 g/mol. The Morgan fingerprint density at radius 3 is 2.34 bits per heavy atom. The first kappa shape index (κ1) is 27.1. The number of nitrogens with one attached hydrogen (secondary N) is 1. The molecule has 5 heteroatoms. The Morgan fingerprint density at radius 2 is 1.71 bits per heavy atom. The molecular formula is C33H44N2O3. The van der Waals surface area contributed by atoms with Crippen LogP contribution >= 0.6 is 0 Å². The van der Waals surface area contributed by atoms with Gasteiger partial charge in [0.05, 0.1) is 5.57 Å². The highest BCUT2D eigenvalue weighted by Crippen LogP contribution is 2.73. The van der Waals surface area contributed by atoms with Crippen molar-refractivity contribution < 1.29 is 14.4 Å². The van der Waals surface area contributed by atoms with Crippen LogP contribution in [0.4, 0.5) is 0 Å². The molecule has 0 spiro atoms. The first-order chi connectivity index (χ1) is 17.5. The fourth-order valence-corrected chi connectivity index (χ4v) is 10.1. The van der Waals surface area contributed by atoms with Crippen molar-refractivity contribution in [3.63, 3.8) is 0 Å². The SMILES string of the molecule is C=CC(=O)N[C@]12CCC(C)(C)CC1[C@H]1C(=O)C=C3[C@@]4(C)C=C(C#N)C(=O)C(C)(C)C4CC[C@@]3(C)[C@]1(C)CC2. The molecule has 7 atom stereocenters. The van der Waals surface area contributed by atoms with Gasteiger partial charge in [0.25, 0.3) is 0 Å². The molecule has 0 aromatic heterocycles. The fourth-order valence-electron chi connectivity index (χ4n) is 10.1. The van der Waals surface area contributed by atoms with Gasteiger partial charge in [-0.2, -0.15) is 5.26 Å². The molecule has 1 amide bonds. The predicted molar refractivity (Wildman–Crippen MR) is 148 cm³/mol. The predicted octanol–water partition coefficient (Wildman–Crippen LogP) is 6.26. The lowest BCUT2D eigenvalue weighted by Crippen LogP contribution is -2.69. The standard InChI is InChI=1S/C33H44N2O3/c1-9-25(37)35-33-14-12-28(2,3)18-21(33)26-22(36)16-24-30(6)17-20(19-34)27(38)29(4,5)23(30)10-11-31(24,7)32(26,8)13-15-33/h9,16-17,21,23,26H,1,10-15,18H2,2-8H3,(H,35,37)/t21?,23?,26-,30-,31+,32+,33-/m0/s1. The molecule has 204 valence electrons. The lowest BCUT2D eigenvalue weighted by Gasteiger charge is -2.69. The number of hydrogen-bond acceptors (Lipinski definition) is 4. The number of ketones is 2. The average Bonchev–Trinajstić information content (AvgIpc) is 2.83. The van der Waals surface area contributed by atoms with Crippen molar-refractivity contribution in [2.75, 3.05) is 0 Å². The molecule has 0 saturated heterocycles. The van der Waals surface area contributed by atoms with Gasteiger partial charge in [-0.3, -0.25) is 14.4 Å². The lowest BCUT2D eigenvalue weighted by atomic mass is 9.35. The van der Waals surface area contributed by atoms with E-state index in [1.165, 1.54) is 6.08 Å². The molecule has 0 aliphatic heterocycles. The summed E-state index contributed by atoms with van der Waals surface area (Å²) in [5, 5.41) is 13.2. The maximum atomic E-state index is 14.4. The summed E-state index contributed by atoms with van der Waals surface area (Å²) in [6, 6.07) is 2.18. The van der Waals surface area contributed by atoms with Crippen molar-refractivity contribution >= 4 is 17.5 Å². The molecule has 2 unspecified atom stereocenters. The van der Waals surface area contributed by atoms with Crippen LogP contribution in [0.5, 0.6) is 0 Å². The van der Waals surface area contributed by atoms with Crippen LogP contribution in [0.15, 0.2) is 36.0 Å². The van der Waals surface area contributed by atoms with Crippen LogP contribution in [0.1, 0.15) is 93.4 Å². The number of fused-ring (bicyclic) bond motifs is 7. The number of carbonyl (C=O) groups excluding carboxylic acids is 3. The number of nitrogens with zero attached hydrogens (tertiary/aromatic N) is 1. The third kappa shape index (κ3) is 3.31. The largest absolute Gasteiger partial charge is 0.347 e. The number of amides is 1. The topological polar surface area (TPSA) is 87.0 Å². The summed E-state index contributed by atoms with van der Waals surface area (Å²) in [6.07, 6.45) is 11.4. The Hall–Kier alpha value is -2.48. The normalized spacial score (nSPS) is 44.6. The Kier molecular flexibility index (Phi) is 5.72. The van der Waals surface area contributed by atoms with E-state index >= 15 is 0 Å². The smallest absolute Gasteiger partial charge is 0.243 e. The van der Waals surface area contributed by atoms with E-state index in [4.69, 9.17) is 0 Å². The van der Waals surface area contributed by atoms with Gasteiger partial charge in [-0.1, -0.05) is 66.7 Å². The van der Waals surface area contributed by atoms with E-state index in [-0.39, 0.29) is 57.0 Å². The van der Waals surface area contributed by atoms with Crippen LogP contribution in [0.25, 0.3) is 0 Å². The quantitative estimate of drug-likeness (QED) is 0.439. The van der Waals surface area contributed by atoms with Gasteiger partial charge in [-0.25, -0.2) is 0 Å². The summed E-state index contributed by atoms with van der Waals surface area (Å²) in [4.78, 5) is 40.3. The molecular weight excluding hydrogens is 472 g/mol. The number of allylic oxidation sites excluding steroid dienone is 4. The molecule has 0 aromatic rings. The molecule has 3 saturated carbocycles. The molecule has 5 aliphatic carbocycles. The summed E-state index contributed by atoms with van der Waals surface area (Å²) in [6.45, 7) is 19.0. The molecule has 38 heavy (non-hydrogen) atoms. The van der Waals surface area contributed by atoms with E-state index in [0.717, 1.165) is 50.5 Å². The van der Waals surface area contributed by atoms with E-state index < -0.39 is 16.4 Å². The van der Waals surface area contributed by atoms with E-state index in [9.17, 15) is 19.6 Å². The van der Waals surface area contributed by atoms with E-state index in [2.05, 4.69) is 52.6 Å². The maximum Gasteiger partial charge on any atom is 0.243 e. The van der Waals surface area contributed by atoms with Gasteiger partial charge in [-0.15, -0.1) is 0 Å². The van der Waals surface area contributed by atoms with E-state index in [0.29, 0.717) is 0 Å². The zero-order valence-electron chi connectivity index (χ0n) is 24.3. The minimum Gasteiger partial charge on any atom is -0.347 e. The zero-order valence-corrected chi connectivity index (χ0v) is 24.3. The maximum absolute atomic E-state index is 14.4.